The molecule has 0 aliphatic heterocycles. The summed E-state index contributed by atoms with van der Waals surface area (Å²) in [4.78, 5) is 9.03. The number of hydrogen-bond acceptors (Lipinski definition) is 2. The van der Waals surface area contributed by atoms with Gasteiger partial charge in [0.1, 0.15) is 0 Å². The number of carbonyl (C=O) groups is 1. The third-order valence-electron chi connectivity index (χ3n) is 0.167. The third-order valence-corrected chi connectivity index (χ3v) is 0.167. The predicted molar refractivity (Wildman–Crippen MR) is 24.4 cm³/mol. The summed E-state index contributed by atoms with van der Waals surface area (Å²) < 4.78 is 3.56. The summed E-state index contributed by atoms with van der Waals surface area (Å²) in [5.41, 5.74) is 0. The topological polar surface area (TPSA) is 46.2 Å². The molecule has 0 atom stereocenters. The van der Waals surface area contributed by atoms with Crippen LogP contribution < -0.4 is 0 Å². The Morgan fingerprint density at radius 3 is 1.57 bits per heavy atom. The van der Waals surface area contributed by atoms with Gasteiger partial charge in [-0.1, -0.05) is 13.8 Å². The molecule has 0 fully saturated rings. The lowest BCUT2D eigenvalue weighted by atomic mass is 11.0. The van der Waals surface area contributed by atoms with Crippen molar-refractivity contribution >= 4 is 6.16 Å². The van der Waals surface area contributed by atoms with Gasteiger partial charge in [0, 0.05) is 0 Å². The first-order chi connectivity index (χ1) is 3.27. The Morgan fingerprint density at radius 2 is 1.57 bits per heavy atom. The predicted octanol–water partition coefficient (Wildman–Crippen LogP) is 1.21. The number of hydrogen-bond donors (Lipinski definition) is 0. The van der Waals surface area contributed by atoms with Gasteiger partial charge in [0.25, 0.3) is 0 Å². The number of rotatable bonds is 0. The minimum absolute atomic E-state index is 1.04. The zero-order valence-electron chi connectivity index (χ0n) is 4.72. The van der Waals surface area contributed by atoms with Gasteiger partial charge in [0.2, 0.25) is 0 Å². The van der Waals surface area contributed by atoms with Crippen molar-refractivity contribution in [3.63, 3.8) is 0 Å². The van der Waals surface area contributed by atoms with Gasteiger partial charge < -0.3 is 4.74 Å². The molecule has 0 unspecified atom stereocenters. The summed E-state index contributed by atoms with van der Waals surface area (Å²) in [5, 5.41) is 9.03. The second kappa shape index (κ2) is 8.99. The Morgan fingerprint density at radius 1 is 1.43 bits per heavy atom. The van der Waals surface area contributed by atoms with Crippen LogP contribution in [0.25, 0.3) is 0 Å². The molecule has 7 heavy (non-hydrogen) atoms. The molecule has 3 heteroatoms. The Hall–Kier alpha value is -0.730. The monoisotopic (exact) mass is 105 g/mol. The molecule has 0 heterocycles. The van der Waals surface area contributed by atoms with Crippen molar-refractivity contribution in [2.75, 3.05) is 7.11 Å². The van der Waals surface area contributed by atoms with Crippen molar-refractivity contribution in [1.29, 1.82) is 0 Å². The molecule has 0 aliphatic rings. The maximum atomic E-state index is 9.03. The molecular formula is C4H9O3. The lowest BCUT2D eigenvalue weighted by Gasteiger charge is -1.74. The largest absolute Gasteiger partial charge is 0.549 e. The Balaban J connectivity index is 0. The van der Waals surface area contributed by atoms with E-state index in [1.165, 1.54) is 0 Å². The molecule has 43 valence electrons. The zero-order valence-corrected chi connectivity index (χ0v) is 4.72. The van der Waals surface area contributed by atoms with Crippen molar-refractivity contribution < 1.29 is 14.6 Å². The van der Waals surface area contributed by atoms with Crippen molar-refractivity contribution in [3.8, 4) is 0 Å². The number of methoxy groups -OCH3 is 1. The van der Waals surface area contributed by atoms with E-state index in [-0.39, 0.29) is 0 Å². The van der Waals surface area contributed by atoms with Crippen molar-refractivity contribution in [1.82, 2.24) is 0 Å². The van der Waals surface area contributed by atoms with Crippen molar-refractivity contribution in [2.24, 2.45) is 0 Å². The summed E-state index contributed by atoms with van der Waals surface area (Å²) in [6.45, 7) is 4.00. The van der Waals surface area contributed by atoms with E-state index in [2.05, 4.69) is 4.74 Å². The maximum absolute atomic E-state index is 9.03. The van der Waals surface area contributed by atoms with Crippen molar-refractivity contribution in [2.45, 2.75) is 13.8 Å². The van der Waals surface area contributed by atoms with Crippen LogP contribution in [0, 0.1) is 0 Å². The van der Waals surface area contributed by atoms with E-state index in [1.54, 1.807) is 0 Å². The van der Waals surface area contributed by atoms with Crippen LogP contribution in [-0.4, -0.2) is 13.3 Å². The normalized spacial score (nSPS) is 5.57. The Bertz CT molecular complexity index is 42.2. The van der Waals surface area contributed by atoms with Crippen LogP contribution >= 0.6 is 0 Å². The summed E-state index contributed by atoms with van der Waals surface area (Å²) >= 11 is 0. The lowest BCUT2D eigenvalue weighted by Crippen LogP contribution is -1.88. The average Bonchev–Trinajstić information content (AvgIpc) is 1.73. The molecule has 0 aromatic rings. The summed E-state index contributed by atoms with van der Waals surface area (Å²) in [6.07, 6.45) is -1.50. The molecule has 0 N–H and O–H groups in total. The SMILES string of the molecule is CC.COC([O])=O. The molecule has 3 nitrogen and oxygen atoms in total. The van der Waals surface area contributed by atoms with E-state index >= 15 is 0 Å². The minimum atomic E-state index is -1.50. The summed E-state index contributed by atoms with van der Waals surface area (Å²) in [5.74, 6) is 0. The minimum Gasteiger partial charge on any atom is -0.435 e. The van der Waals surface area contributed by atoms with E-state index in [1.807, 2.05) is 13.8 Å². The fourth-order valence-corrected chi connectivity index (χ4v) is 0. The summed E-state index contributed by atoms with van der Waals surface area (Å²) in [6, 6.07) is 0. The highest BCUT2D eigenvalue weighted by atomic mass is 16.6. The van der Waals surface area contributed by atoms with Crippen LogP contribution in [0.2, 0.25) is 0 Å². The van der Waals surface area contributed by atoms with Gasteiger partial charge in [-0.15, -0.1) is 0 Å². The van der Waals surface area contributed by atoms with Gasteiger partial charge >= 0.3 is 6.16 Å². The highest BCUT2D eigenvalue weighted by Gasteiger charge is 1.86. The van der Waals surface area contributed by atoms with E-state index in [0.29, 0.717) is 0 Å². The van der Waals surface area contributed by atoms with Crippen LogP contribution in [0.15, 0.2) is 0 Å². The molecule has 0 saturated carbocycles. The first-order valence-corrected chi connectivity index (χ1v) is 2.02. The molecule has 0 spiro atoms. The first-order valence-electron chi connectivity index (χ1n) is 2.02. The highest BCUT2D eigenvalue weighted by molar-refractivity contribution is 5.55. The fourth-order valence-electron chi connectivity index (χ4n) is 0. The molecule has 0 aromatic carbocycles. The van der Waals surface area contributed by atoms with Gasteiger partial charge in [-0.2, -0.15) is 9.90 Å². The van der Waals surface area contributed by atoms with Crippen LogP contribution in [0.4, 0.5) is 4.79 Å². The van der Waals surface area contributed by atoms with Gasteiger partial charge in [0.05, 0.1) is 7.11 Å². The van der Waals surface area contributed by atoms with E-state index in [9.17, 15) is 0 Å². The van der Waals surface area contributed by atoms with Gasteiger partial charge in [-0.05, 0) is 0 Å². The van der Waals surface area contributed by atoms with Gasteiger partial charge in [-0.25, -0.2) is 0 Å². The Labute approximate surface area is 42.9 Å². The smallest absolute Gasteiger partial charge is 0.435 e. The second-order valence-electron chi connectivity index (χ2n) is 0.454. The van der Waals surface area contributed by atoms with Crippen LogP contribution in [0.5, 0.6) is 0 Å². The molecule has 0 aliphatic carbocycles. The average molecular weight is 105 g/mol. The molecule has 1 radical (unpaired) electrons. The maximum Gasteiger partial charge on any atom is 0.549 e. The first kappa shape index (κ1) is 9.55. The summed E-state index contributed by atoms with van der Waals surface area (Å²) in [7, 11) is 1.04. The molecule has 0 amide bonds. The fraction of sp³-hybridized carbons (Fsp3) is 0.750. The quantitative estimate of drug-likeness (QED) is 0.434. The zero-order chi connectivity index (χ0) is 6.28. The highest BCUT2D eigenvalue weighted by Crippen LogP contribution is 1.62. The van der Waals surface area contributed by atoms with Crippen LogP contribution in [0.1, 0.15) is 13.8 Å². The second-order valence-corrected chi connectivity index (χ2v) is 0.454. The van der Waals surface area contributed by atoms with Crippen LogP contribution in [0.3, 0.4) is 0 Å². The molecule has 0 rings (SSSR count). The standard InChI is InChI=1S/C2H3O3.C2H6/c1-5-2(3)4;1-2/h1H3;1-2H3. The molecular weight excluding hydrogens is 96.0 g/mol. The van der Waals surface area contributed by atoms with E-state index in [0.717, 1.165) is 7.11 Å². The third kappa shape index (κ3) is 34.9. The Kier molecular flexibility index (Phi) is 12.3. The van der Waals surface area contributed by atoms with E-state index in [4.69, 9.17) is 9.90 Å². The van der Waals surface area contributed by atoms with Gasteiger partial charge in [0.15, 0.2) is 0 Å². The van der Waals surface area contributed by atoms with Gasteiger partial charge in [-0.3, -0.25) is 0 Å². The number of carbonyl (C=O) groups excluding carboxylic acids is 1. The van der Waals surface area contributed by atoms with Crippen LogP contribution in [-0.2, 0) is 9.84 Å². The van der Waals surface area contributed by atoms with Crippen molar-refractivity contribution in [3.05, 3.63) is 0 Å². The van der Waals surface area contributed by atoms with E-state index < -0.39 is 6.16 Å². The lowest BCUT2D eigenvalue weighted by molar-refractivity contribution is 0.0877. The molecule has 0 saturated heterocycles. The number of ether oxygens (including phenoxy) is 1. The molecule has 0 bridgehead atoms. The molecule has 0 aromatic heterocycles.